The first kappa shape index (κ1) is 28.4. The second-order valence-corrected chi connectivity index (χ2v) is 11.0. The van der Waals surface area contributed by atoms with Gasteiger partial charge in [0.2, 0.25) is 21.8 Å². The van der Waals surface area contributed by atoms with Crippen LogP contribution in [-0.4, -0.2) is 50.5 Å². The summed E-state index contributed by atoms with van der Waals surface area (Å²) in [4.78, 5) is 28.3. The molecule has 2 aromatic rings. The normalized spacial score (nSPS) is 12.2. The molecule has 2 aromatic carbocycles. The molecule has 0 saturated heterocycles. The fraction of sp³-hybridized carbons (Fsp3) is 0.481. The van der Waals surface area contributed by atoms with Crippen molar-refractivity contribution in [3.8, 4) is 0 Å². The molecule has 1 N–H and O–H groups in total. The molecule has 0 unspecified atom stereocenters. The Kier molecular flexibility index (Phi) is 10.3. The summed E-state index contributed by atoms with van der Waals surface area (Å²) >= 11 is 0. The predicted octanol–water partition coefficient (Wildman–Crippen LogP) is 4.10. The zero-order valence-corrected chi connectivity index (χ0v) is 22.6. The van der Waals surface area contributed by atoms with E-state index in [2.05, 4.69) is 5.32 Å². The number of benzene rings is 2. The van der Waals surface area contributed by atoms with Gasteiger partial charge in [-0.25, -0.2) is 8.42 Å². The minimum atomic E-state index is -3.75. The Morgan fingerprint density at radius 2 is 1.69 bits per heavy atom. The van der Waals surface area contributed by atoms with E-state index in [9.17, 15) is 18.0 Å². The van der Waals surface area contributed by atoms with Crippen LogP contribution in [0.5, 0.6) is 0 Å². The summed E-state index contributed by atoms with van der Waals surface area (Å²) in [5.41, 5.74) is 4.14. The summed E-state index contributed by atoms with van der Waals surface area (Å²) in [5, 5.41) is 2.94. The molecule has 2 amide bonds. The van der Waals surface area contributed by atoms with Crippen molar-refractivity contribution in [2.75, 3.05) is 23.7 Å². The lowest BCUT2D eigenvalue weighted by molar-refractivity contribution is -0.140. The van der Waals surface area contributed by atoms with Crippen molar-refractivity contribution >= 4 is 27.5 Å². The van der Waals surface area contributed by atoms with Crippen molar-refractivity contribution in [2.45, 2.75) is 66.5 Å². The van der Waals surface area contributed by atoms with E-state index in [1.165, 1.54) is 4.90 Å². The van der Waals surface area contributed by atoms with E-state index in [-0.39, 0.29) is 19.0 Å². The minimum absolute atomic E-state index is 0.218. The van der Waals surface area contributed by atoms with Crippen LogP contribution in [0.2, 0.25) is 0 Å². The third-order valence-corrected chi connectivity index (χ3v) is 7.24. The van der Waals surface area contributed by atoms with Gasteiger partial charge in [0.15, 0.2) is 0 Å². The lowest BCUT2D eigenvalue weighted by atomic mass is 10.1. The maximum atomic E-state index is 13.7. The number of carbonyl (C=O) groups excluding carboxylic acids is 2. The number of anilines is 1. The second-order valence-electron chi connectivity index (χ2n) is 9.08. The highest BCUT2D eigenvalue weighted by Gasteiger charge is 2.32. The molecule has 2 rings (SSSR count). The van der Waals surface area contributed by atoms with Crippen LogP contribution in [0.15, 0.2) is 42.5 Å². The highest BCUT2D eigenvalue weighted by molar-refractivity contribution is 7.92. The van der Waals surface area contributed by atoms with Gasteiger partial charge in [0.25, 0.3) is 0 Å². The van der Waals surface area contributed by atoms with Gasteiger partial charge in [0, 0.05) is 13.1 Å². The van der Waals surface area contributed by atoms with E-state index in [1.807, 2.05) is 71.0 Å². The molecular formula is C27H39N3O4S. The first-order valence-corrected chi connectivity index (χ1v) is 14.0. The molecule has 0 fully saturated rings. The highest BCUT2D eigenvalue weighted by Crippen LogP contribution is 2.24. The number of unbranched alkanes of at least 4 members (excludes halogenated alkanes) is 1. The monoisotopic (exact) mass is 501 g/mol. The standard InChI is InChI=1S/C27H39N3O4S/c1-7-9-16-28-27(32)24(8-2)29(18-23-13-11-10-12-21(23)4)26(31)19-30(35(6,33)34)25-15-14-20(3)17-22(25)5/h10-15,17,24H,7-9,16,18-19H2,1-6H3,(H,28,32)/t24-/m0/s1. The summed E-state index contributed by atoms with van der Waals surface area (Å²) in [5.74, 6) is -0.642. The maximum absolute atomic E-state index is 13.7. The molecule has 0 radical (unpaired) electrons. The number of sulfonamides is 1. The number of hydrogen-bond donors (Lipinski definition) is 1. The SMILES string of the molecule is CCCCNC(=O)[C@H](CC)N(Cc1ccccc1C)C(=O)CN(c1ccc(C)cc1C)S(C)(=O)=O. The third kappa shape index (κ3) is 7.82. The van der Waals surface area contributed by atoms with E-state index >= 15 is 0 Å². The number of nitrogens with zero attached hydrogens (tertiary/aromatic N) is 2. The Labute approximate surface area is 210 Å². The molecule has 0 aromatic heterocycles. The summed E-state index contributed by atoms with van der Waals surface area (Å²) in [6.07, 6.45) is 3.31. The van der Waals surface area contributed by atoms with Crippen molar-refractivity contribution in [3.63, 3.8) is 0 Å². The summed E-state index contributed by atoms with van der Waals surface area (Å²) in [7, 11) is -3.75. The minimum Gasteiger partial charge on any atom is -0.354 e. The van der Waals surface area contributed by atoms with Gasteiger partial charge in [-0.1, -0.05) is 62.2 Å². The molecule has 0 aliphatic carbocycles. The Morgan fingerprint density at radius 1 is 1.00 bits per heavy atom. The predicted molar refractivity (Wildman–Crippen MR) is 142 cm³/mol. The number of carbonyl (C=O) groups is 2. The average Bonchev–Trinajstić information content (AvgIpc) is 2.78. The van der Waals surface area contributed by atoms with Crippen LogP contribution in [0.4, 0.5) is 5.69 Å². The van der Waals surface area contributed by atoms with E-state index in [4.69, 9.17) is 0 Å². The van der Waals surface area contributed by atoms with Gasteiger partial charge in [-0.2, -0.15) is 0 Å². The number of amides is 2. The fourth-order valence-electron chi connectivity index (χ4n) is 4.08. The number of aryl methyl sites for hydroxylation is 3. The molecule has 0 aliphatic heterocycles. The lowest BCUT2D eigenvalue weighted by Gasteiger charge is -2.33. The van der Waals surface area contributed by atoms with E-state index < -0.39 is 22.0 Å². The van der Waals surface area contributed by atoms with Gasteiger partial charge in [0.05, 0.1) is 11.9 Å². The van der Waals surface area contributed by atoms with Gasteiger partial charge in [-0.15, -0.1) is 0 Å². The van der Waals surface area contributed by atoms with Crippen molar-refractivity contribution < 1.29 is 18.0 Å². The van der Waals surface area contributed by atoms with Gasteiger partial charge in [0.1, 0.15) is 12.6 Å². The zero-order valence-electron chi connectivity index (χ0n) is 21.8. The fourth-order valence-corrected chi connectivity index (χ4v) is 4.98. The van der Waals surface area contributed by atoms with Gasteiger partial charge < -0.3 is 10.2 Å². The van der Waals surface area contributed by atoms with Crippen LogP contribution in [-0.2, 0) is 26.2 Å². The van der Waals surface area contributed by atoms with Crippen LogP contribution in [0.1, 0.15) is 55.4 Å². The second kappa shape index (κ2) is 12.7. The van der Waals surface area contributed by atoms with Gasteiger partial charge in [-0.3, -0.25) is 13.9 Å². The Bertz CT molecular complexity index is 1130. The smallest absolute Gasteiger partial charge is 0.244 e. The number of rotatable bonds is 12. The first-order chi connectivity index (χ1) is 16.5. The Morgan fingerprint density at radius 3 is 2.26 bits per heavy atom. The summed E-state index contributed by atoms with van der Waals surface area (Å²) in [6.45, 7) is 9.99. The molecule has 7 nitrogen and oxygen atoms in total. The van der Waals surface area contributed by atoms with Crippen molar-refractivity contribution in [2.24, 2.45) is 0 Å². The molecule has 1 atom stereocenters. The molecular weight excluding hydrogens is 462 g/mol. The Hall–Kier alpha value is -2.87. The quantitative estimate of drug-likeness (QED) is 0.444. The number of hydrogen-bond acceptors (Lipinski definition) is 4. The maximum Gasteiger partial charge on any atom is 0.244 e. The average molecular weight is 502 g/mol. The van der Waals surface area contributed by atoms with Gasteiger partial charge in [-0.05, 0) is 56.4 Å². The third-order valence-electron chi connectivity index (χ3n) is 6.12. The molecule has 35 heavy (non-hydrogen) atoms. The topological polar surface area (TPSA) is 86.8 Å². The molecule has 0 spiro atoms. The highest BCUT2D eigenvalue weighted by atomic mass is 32.2. The van der Waals surface area contributed by atoms with E-state index in [0.29, 0.717) is 18.7 Å². The molecule has 0 aliphatic rings. The van der Waals surface area contributed by atoms with Crippen LogP contribution < -0.4 is 9.62 Å². The largest absolute Gasteiger partial charge is 0.354 e. The van der Waals surface area contributed by atoms with Crippen LogP contribution in [0, 0.1) is 20.8 Å². The lowest BCUT2D eigenvalue weighted by Crippen LogP contribution is -2.52. The van der Waals surface area contributed by atoms with Crippen LogP contribution in [0.25, 0.3) is 0 Å². The van der Waals surface area contributed by atoms with Crippen molar-refractivity contribution in [1.82, 2.24) is 10.2 Å². The van der Waals surface area contributed by atoms with Gasteiger partial charge >= 0.3 is 0 Å². The van der Waals surface area contributed by atoms with Crippen molar-refractivity contribution in [3.05, 3.63) is 64.7 Å². The molecule has 0 bridgehead atoms. The molecule has 8 heteroatoms. The molecule has 0 heterocycles. The van der Waals surface area contributed by atoms with Crippen molar-refractivity contribution in [1.29, 1.82) is 0 Å². The molecule has 192 valence electrons. The zero-order chi connectivity index (χ0) is 26.2. The number of nitrogens with one attached hydrogen (secondary N) is 1. The summed E-state index contributed by atoms with van der Waals surface area (Å²) < 4.78 is 26.7. The molecule has 0 saturated carbocycles. The Balaban J connectivity index is 2.45. The summed E-state index contributed by atoms with van der Waals surface area (Å²) in [6, 6.07) is 12.4. The first-order valence-electron chi connectivity index (χ1n) is 12.2. The van der Waals surface area contributed by atoms with E-state index in [0.717, 1.165) is 45.7 Å². The van der Waals surface area contributed by atoms with Crippen LogP contribution in [0.3, 0.4) is 0 Å². The van der Waals surface area contributed by atoms with E-state index in [1.54, 1.807) is 6.07 Å². The van der Waals surface area contributed by atoms with Crippen LogP contribution >= 0.6 is 0 Å².